The maximum absolute atomic E-state index is 13.8. The van der Waals surface area contributed by atoms with Crippen molar-refractivity contribution in [1.29, 1.82) is 0 Å². The van der Waals surface area contributed by atoms with Gasteiger partial charge in [0, 0.05) is 16.7 Å². The molecular weight excluding hydrogens is 377 g/mol. The van der Waals surface area contributed by atoms with Crippen LogP contribution in [0.2, 0.25) is 15.1 Å². The Balaban J connectivity index is 2.16. The van der Waals surface area contributed by atoms with E-state index in [1.165, 1.54) is 12.1 Å². The van der Waals surface area contributed by atoms with Gasteiger partial charge in [-0.05, 0) is 40.2 Å². The lowest BCUT2D eigenvalue weighted by molar-refractivity contribution is 0.299. The highest BCUT2D eigenvalue weighted by molar-refractivity contribution is 9.10. The second-order valence-electron chi connectivity index (χ2n) is 3.73. The number of ether oxygens (including phenoxy) is 1. The third-order valence-electron chi connectivity index (χ3n) is 2.35. The maximum Gasteiger partial charge on any atom is 0.144 e. The Kier molecular flexibility index (Phi) is 4.96. The maximum atomic E-state index is 13.8. The summed E-state index contributed by atoms with van der Waals surface area (Å²) in [6.07, 6.45) is 0. The lowest BCUT2D eigenvalue weighted by Crippen LogP contribution is -1.99. The molecule has 1 nitrogen and oxygen atoms in total. The van der Waals surface area contributed by atoms with Gasteiger partial charge >= 0.3 is 0 Å². The molecule has 0 saturated heterocycles. The molecule has 0 bridgehead atoms. The Hall–Kier alpha value is -0.480. The summed E-state index contributed by atoms with van der Waals surface area (Å²) in [5.74, 6) is 0.106. The second kappa shape index (κ2) is 6.31. The summed E-state index contributed by atoms with van der Waals surface area (Å²) in [5.41, 5.74) is 0.352. The molecule has 0 heterocycles. The molecule has 0 fully saturated rings. The van der Waals surface area contributed by atoms with E-state index >= 15 is 0 Å². The van der Waals surface area contributed by atoms with Crippen LogP contribution >= 0.6 is 50.7 Å². The van der Waals surface area contributed by atoms with Crippen LogP contribution in [0.25, 0.3) is 0 Å². The fourth-order valence-corrected chi connectivity index (χ4v) is 2.60. The first-order valence-corrected chi connectivity index (χ1v) is 7.11. The Bertz CT molecular complexity index is 619. The van der Waals surface area contributed by atoms with E-state index in [1.54, 1.807) is 18.2 Å². The summed E-state index contributed by atoms with van der Waals surface area (Å²) < 4.78 is 19.6. The number of hydrogen-bond donors (Lipinski definition) is 0. The van der Waals surface area contributed by atoms with Crippen molar-refractivity contribution in [2.24, 2.45) is 0 Å². The van der Waals surface area contributed by atoms with Crippen LogP contribution in [0.1, 0.15) is 5.56 Å². The van der Waals surface area contributed by atoms with Crippen LogP contribution in [-0.4, -0.2) is 0 Å². The first-order valence-electron chi connectivity index (χ1n) is 5.18. The van der Waals surface area contributed by atoms with Gasteiger partial charge in [0.15, 0.2) is 0 Å². The minimum absolute atomic E-state index is 0.0446. The molecule has 2 aromatic rings. The zero-order chi connectivity index (χ0) is 14.0. The van der Waals surface area contributed by atoms with Gasteiger partial charge in [0.25, 0.3) is 0 Å². The first kappa shape index (κ1) is 14.9. The van der Waals surface area contributed by atoms with Crippen LogP contribution < -0.4 is 4.74 Å². The van der Waals surface area contributed by atoms with Crippen LogP contribution in [0, 0.1) is 5.82 Å². The molecule has 0 amide bonds. The zero-order valence-corrected chi connectivity index (χ0v) is 13.2. The first-order chi connectivity index (χ1) is 8.97. The zero-order valence-electron chi connectivity index (χ0n) is 9.39. The molecule has 0 spiro atoms. The van der Waals surface area contributed by atoms with Gasteiger partial charge in [-0.15, -0.1) is 0 Å². The lowest BCUT2D eigenvalue weighted by atomic mass is 10.2. The molecule has 2 aromatic carbocycles. The average molecular weight is 384 g/mol. The minimum atomic E-state index is -0.399. The minimum Gasteiger partial charge on any atom is -0.489 e. The van der Waals surface area contributed by atoms with E-state index in [9.17, 15) is 4.39 Å². The molecule has 2 rings (SSSR count). The third-order valence-corrected chi connectivity index (χ3v) is 3.89. The van der Waals surface area contributed by atoms with E-state index < -0.39 is 5.82 Å². The van der Waals surface area contributed by atoms with Crippen molar-refractivity contribution >= 4 is 50.7 Å². The molecule has 0 unspecified atom stereocenters. The molecule has 0 aliphatic heterocycles. The normalized spacial score (nSPS) is 10.6. The van der Waals surface area contributed by atoms with Crippen molar-refractivity contribution in [3.63, 3.8) is 0 Å². The smallest absolute Gasteiger partial charge is 0.144 e. The molecule has 6 heteroatoms. The van der Waals surface area contributed by atoms with Gasteiger partial charge in [0.2, 0.25) is 0 Å². The quantitative estimate of drug-likeness (QED) is 0.579. The molecule has 0 aliphatic rings. The lowest BCUT2D eigenvalue weighted by Gasteiger charge is -2.09. The topological polar surface area (TPSA) is 9.23 Å². The number of benzene rings is 2. The van der Waals surface area contributed by atoms with E-state index in [-0.39, 0.29) is 6.61 Å². The standard InChI is InChI=1S/C13H7BrCl3FO/c14-10-4-8(15)3-7(13(10)18)6-19-9-1-2-11(16)12(17)5-9/h1-5H,6H2. The van der Waals surface area contributed by atoms with E-state index in [2.05, 4.69) is 15.9 Å². The van der Waals surface area contributed by atoms with Crippen molar-refractivity contribution in [2.45, 2.75) is 6.61 Å². The summed E-state index contributed by atoms with van der Waals surface area (Å²) in [6.45, 7) is 0.0446. The van der Waals surface area contributed by atoms with Crippen LogP contribution in [0.3, 0.4) is 0 Å². The molecule has 0 radical (unpaired) electrons. The van der Waals surface area contributed by atoms with Crippen molar-refractivity contribution in [1.82, 2.24) is 0 Å². The van der Waals surface area contributed by atoms with Gasteiger partial charge < -0.3 is 4.74 Å². The van der Waals surface area contributed by atoms with Crippen LogP contribution in [0.5, 0.6) is 5.75 Å². The predicted molar refractivity (Wildman–Crippen MR) is 79.9 cm³/mol. The molecule has 100 valence electrons. The summed E-state index contributed by atoms with van der Waals surface area (Å²) >= 11 is 20.6. The van der Waals surface area contributed by atoms with Gasteiger partial charge in [-0.3, -0.25) is 0 Å². The second-order valence-corrected chi connectivity index (χ2v) is 5.83. The number of hydrogen-bond acceptors (Lipinski definition) is 1. The summed E-state index contributed by atoms with van der Waals surface area (Å²) in [5, 5.41) is 1.25. The highest BCUT2D eigenvalue weighted by atomic mass is 79.9. The molecule has 0 atom stereocenters. The van der Waals surface area contributed by atoms with Crippen molar-refractivity contribution in [3.8, 4) is 5.75 Å². The van der Waals surface area contributed by atoms with Gasteiger partial charge in [-0.1, -0.05) is 34.8 Å². The van der Waals surface area contributed by atoms with E-state index in [0.717, 1.165) is 0 Å². The average Bonchev–Trinajstić information content (AvgIpc) is 2.36. The van der Waals surface area contributed by atoms with E-state index in [1.807, 2.05) is 0 Å². The molecular formula is C13H7BrCl3FO. The van der Waals surface area contributed by atoms with Crippen LogP contribution in [-0.2, 0) is 6.61 Å². The Labute approximate surface area is 133 Å². The van der Waals surface area contributed by atoms with Crippen molar-refractivity contribution in [3.05, 3.63) is 61.3 Å². The fourth-order valence-electron chi connectivity index (χ4n) is 1.44. The van der Waals surface area contributed by atoms with Crippen molar-refractivity contribution in [2.75, 3.05) is 0 Å². The van der Waals surface area contributed by atoms with Crippen LogP contribution in [0.4, 0.5) is 4.39 Å². The molecule has 19 heavy (non-hydrogen) atoms. The van der Waals surface area contributed by atoms with Gasteiger partial charge in [0.1, 0.15) is 18.2 Å². The SMILES string of the molecule is Fc1c(Br)cc(Cl)cc1COc1ccc(Cl)c(Cl)c1. The van der Waals surface area contributed by atoms with Crippen molar-refractivity contribution < 1.29 is 9.13 Å². The van der Waals surface area contributed by atoms with E-state index in [4.69, 9.17) is 39.5 Å². The predicted octanol–water partition coefficient (Wildman–Crippen LogP) is 6.13. The summed E-state index contributed by atoms with van der Waals surface area (Å²) in [6, 6.07) is 7.84. The van der Waals surface area contributed by atoms with Gasteiger partial charge in [-0.25, -0.2) is 4.39 Å². The highest BCUT2D eigenvalue weighted by Gasteiger charge is 2.09. The number of rotatable bonds is 3. The Morgan fingerprint density at radius 2 is 1.79 bits per heavy atom. The van der Waals surface area contributed by atoms with E-state index in [0.29, 0.717) is 30.9 Å². The molecule has 0 saturated carbocycles. The fraction of sp³-hybridized carbons (Fsp3) is 0.0769. The monoisotopic (exact) mass is 382 g/mol. The highest BCUT2D eigenvalue weighted by Crippen LogP contribution is 2.28. The Morgan fingerprint density at radius 1 is 1.05 bits per heavy atom. The summed E-state index contributed by atoms with van der Waals surface area (Å²) in [4.78, 5) is 0. The molecule has 0 N–H and O–H groups in total. The van der Waals surface area contributed by atoms with Gasteiger partial charge in [-0.2, -0.15) is 0 Å². The molecule has 0 aliphatic carbocycles. The number of halogens is 5. The Morgan fingerprint density at radius 3 is 2.47 bits per heavy atom. The summed E-state index contributed by atoms with van der Waals surface area (Å²) in [7, 11) is 0. The third kappa shape index (κ3) is 3.76. The van der Waals surface area contributed by atoms with Crippen LogP contribution in [0.15, 0.2) is 34.8 Å². The van der Waals surface area contributed by atoms with Gasteiger partial charge in [0.05, 0.1) is 14.5 Å². The molecule has 0 aromatic heterocycles. The largest absolute Gasteiger partial charge is 0.489 e.